The highest BCUT2D eigenvalue weighted by Crippen LogP contribution is 2.25. The number of rotatable bonds is 6. The second-order valence-electron chi connectivity index (χ2n) is 3.82. The summed E-state index contributed by atoms with van der Waals surface area (Å²) in [5.41, 5.74) is 5.01. The summed E-state index contributed by atoms with van der Waals surface area (Å²) >= 11 is 0. The van der Waals surface area contributed by atoms with Crippen LogP contribution in [0.4, 0.5) is 13.2 Å². The Hall–Kier alpha value is -1.77. The van der Waals surface area contributed by atoms with Crippen LogP contribution in [-0.2, 0) is 13.0 Å². The summed E-state index contributed by atoms with van der Waals surface area (Å²) in [6.45, 7) is 1.38. The van der Waals surface area contributed by atoms with Crippen molar-refractivity contribution in [1.29, 1.82) is 0 Å². The predicted molar refractivity (Wildman–Crippen MR) is 60.5 cm³/mol. The van der Waals surface area contributed by atoms with E-state index in [1.54, 1.807) is 0 Å². The minimum absolute atomic E-state index is 0.0330. The van der Waals surface area contributed by atoms with Crippen LogP contribution in [0.15, 0.2) is 15.8 Å². The van der Waals surface area contributed by atoms with Gasteiger partial charge in [0.2, 0.25) is 5.89 Å². The molecule has 0 amide bonds. The molecule has 0 saturated heterocycles. The van der Waals surface area contributed by atoms with Crippen LogP contribution in [-0.4, -0.2) is 28.7 Å². The number of nitrogens with two attached hydrogens (primary N) is 1. The van der Waals surface area contributed by atoms with E-state index < -0.39 is 24.5 Å². The second-order valence-corrected chi connectivity index (χ2v) is 3.82. The van der Waals surface area contributed by atoms with Crippen LogP contribution in [0.5, 0.6) is 0 Å². The van der Waals surface area contributed by atoms with Gasteiger partial charge in [0.05, 0.1) is 12.7 Å². The monoisotopic (exact) mass is 280 g/mol. The molecule has 0 saturated carbocycles. The normalized spacial score (nSPS) is 14.6. The molecule has 1 aromatic rings. The average Bonchev–Trinajstić information content (AvgIpc) is 2.80. The van der Waals surface area contributed by atoms with Gasteiger partial charge >= 0.3 is 6.18 Å². The van der Waals surface area contributed by atoms with Crippen molar-refractivity contribution in [1.82, 2.24) is 10.3 Å². The van der Waals surface area contributed by atoms with Crippen molar-refractivity contribution >= 4 is 5.84 Å². The molecular weight excluding hydrogens is 265 g/mol. The van der Waals surface area contributed by atoms with Crippen molar-refractivity contribution in [3.8, 4) is 0 Å². The maximum Gasteiger partial charge on any atom is 0.400 e. The summed E-state index contributed by atoms with van der Waals surface area (Å²) in [5, 5.41) is 13.2. The molecule has 1 heterocycles. The van der Waals surface area contributed by atoms with Gasteiger partial charge in [0.1, 0.15) is 11.7 Å². The predicted octanol–water partition coefficient (Wildman–Crippen LogP) is 1.25. The molecule has 19 heavy (non-hydrogen) atoms. The molecule has 108 valence electrons. The molecule has 0 aliphatic rings. The van der Waals surface area contributed by atoms with E-state index in [-0.39, 0.29) is 12.4 Å². The number of halogens is 3. The van der Waals surface area contributed by atoms with Gasteiger partial charge in [-0.3, -0.25) is 0 Å². The molecule has 4 N–H and O–H groups in total. The average molecular weight is 280 g/mol. The van der Waals surface area contributed by atoms with Gasteiger partial charge in [-0.15, -0.1) is 0 Å². The Balaban J connectivity index is 2.53. The molecule has 1 rings (SSSR count). The maximum absolute atomic E-state index is 12.6. The molecule has 0 fully saturated rings. The van der Waals surface area contributed by atoms with Crippen LogP contribution in [0.3, 0.4) is 0 Å². The lowest BCUT2D eigenvalue weighted by atomic mass is 10.1. The highest BCUT2D eigenvalue weighted by Gasteiger charge is 2.42. The minimum Gasteiger partial charge on any atom is -0.444 e. The van der Waals surface area contributed by atoms with Crippen LogP contribution in [0.1, 0.15) is 18.6 Å². The number of nitrogens with one attached hydrogen (secondary N) is 1. The number of hydrogen-bond acceptors (Lipinski definition) is 5. The van der Waals surface area contributed by atoms with Crippen LogP contribution in [0, 0.1) is 5.92 Å². The van der Waals surface area contributed by atoms with Gasteiger partial charge in [0.25, 0.3) is 0 Å². The Morgan fingerprint density at radius 3 is 2.79 bits per heavy atom. The highest BCUT2D eigenvalue weighted by atomic mass is 19.4. The van der Waals surface area contributed by atoms with E-state index in [2.05, 4.69) is 15.5 Å². The van der Waals surface area contributed by atoms with E-state index in [1.807, 2.05) is 6.92 Å². The standard InChI is InChI=1S/C10H15F3N4O2/c1-2-6-3-16-8(19-6)5-15-4-7(9(14)17-18)10(11,12)13/h3,7,15,18H,2,4-5H2,1H3,(H2,14,17). The molecule has 0 radical (unpaired) electrons. The molecule has 1 aromatic heterocycles. The van der Waals surface area contributed by atoms with E-state index in [0.717, 1.165) is 0 Å². The zero-order chi connectivity index (χ0) is 14.5. The highest BCUT2D eigenvalue weighted by molar-refractivity contribution is 5.83. The number of aromatic nitrogens is 1. The zero-order valence-corrected chi connectivity index (χ0v) is 10.2. The first-order chi connectivity index (χ1) is 8.88. The maximum atomic E-state index is 12.6. The first-order valence-corrected chi connectivity index (χ1v) is 5.56. The third-order valence-electron chi connectivity index (χ3n) is 2.44. The lowest BCUT2D eigenvalue weighted by Crippen LogP contribution is -2.42. The Kier molecular flexibility index (Phi) is 5.16. The van der Waals surface area contributed by atoms with Crippen molar-refractivity contribution in [2.75, 3.05) is 6.54 Å². The number of hydrogen-bond donors (Lipinski definition) is 3. The molecule has 0 aromatic carbocycles. The molecule has 1 atom stereocenters. The van der Waals surface area contributed by atoms with E-state index in [4.69, 9.17) is 15.4 Å². The third kappa shape index (κ3) is 4.43. The van der Waals surface area contributed by atoms with Crippen LogP contribution < -0.4 is 11.1 Å². The van der Waals surface area contributed by atoms with E-state index in [1.165, 1.54) is 6.20 Å². The quantitative estimate of drug-likeness (QED) is 0.315. The van der Waals surface area contributed by atoms with E-state index in [9.17, 15) is 13.2 Å². The fourth-order valence-corrected chi connectivity index (χ4v) is 1.37. The van der Waals surface area contributed by atoms with E-state index >= 15 is 0 Å². The van der Waals surface area contributed by atoms with Crippen molar-refractivity contribution in [2.24, 2.45) is 16.8 Å². The largest absolute Gasteiger partial charge is 0.444 e. The van der Waals surface area contributed by atoms with Crippen LogP contribution in [0.2, 0.25) is 0 Å². The van der Waals surface area contributed by atoms with Gasteiger partial charge in [0.15, 0.2) is 5.84 Å². The summed E-state index contributed by atoms with van der Waals surface area (Å²) in [7, 11) is 0. The Labute approximate surface area is 107 Å². The number of nitrogens with zero attached hydrogens (tertiary/aromatic N) is 2. The van der Waals surface area contributed by atoms with Crippen molar-refractivity contribution in [3.63, 3.8) is 0 Å². The zero-order valence-electron chi connectivity index (χ0n) is 10.2. The van der Waals surface area contributed by atoms with Gasteiger partial charge in [0, 0.05) is 13.0 Å². The topological polar surface area (TPSA) is 96.7 Å². The molecule has 9 heteroatoms. The SMILES string of the molecule is CCc1cnc(CNCC(C(N)=NO)C(F)(F)F)o1. The van der Waals surface area contributed by atoms with Gasteiger partial charge in [-0.1, -0.05) is 12.1 Å². The molecule has 6 nitrogen and oxygen atoms in total. The first kappa shape index (κ1) is 15.3. The molecular formula is C10H15F3N4O2. The number of amidine groups is 1. The summed E-state index contributed by atoms with van der Waals surface area (Å²) < 4.78 is 43.0. The molecule has 0 spiro atoms. The van der Waals surface area contributed by atoms with Gasteiger partial charge < -0.3 is 20.7 Å². The number of oxazole rings is 1. The van der Waals surface area contributed by atoms with Gasteiger partial charge in [-0.05, 0) is 0 Å². The van der Waals surface area contributed by atoms with Crippen LogP contribution in [0.25, 0.3) is 0 Å². The summed E-state index contributed by atoms with van der Waals surface area (Å²) in [6, 6.07) is 0. The van der Waals surface area contributed by atoms with Crippen molar-refractivity contribution < 1.29 is 22.8 Å². The molecule has 1 unspecified atom stereocenters. The Morgan fingerprint density at radius 1 is 1.63 bits per heavy atom. The summed E-state index contributed by atoms with van der Waals surface area (Å²) in [4.78, 5) is 3.89. The van der Waals surface area contributed by atoms with Crippen molar-refractivity contribution in [2.45, 2.75) is 26.1 Å². The molecule has 0 bridgehead atoms. The Bertz CT molecular complexity index is 431. The second kappa shape index (κ2) is 6.41. The fourth-order valence-electron chi connectivity index (χ4n) is 1.37. The van der Waals surface area contributed by atoms with Gasteiger partial charge in [-0.25, -0.2) is 4.98 Å². The molecule has 0 aliphatic heterocycles. The van der Waals surface area contributed by atoms with E-state index in [0.29, 0.717) is 12.2 Å². The number of aryl methyl sites for hydroxylation is 1. The number of alkyl halides is 3. The fraction of sp³-hybridized carbons (Fsp3) is 0.600. The van der Waals surface area contributed by atoms with Crippen LogP contribution >= 0.6 is 0 Å². The summed E-state index contributed by atoms with van der Waals surface area (Å²) in [5.74, 6) is -2.00. The van der Waals surface area contributed by atoms with Gasteiger partial charge in [-0.2, -0.15) is 13.2 Å². The van der Waals surface area contributed by atoms with Crippen molar-refractivity contribution in [3.05, 3.63) is 17.8 Å². The molecule has 0 aliphatic carbocycles. The smallest absolute Gasteiger partial charge is 0.400 e. The minimum atomic E-state index is -4.59. The first-order valence-electron chi connectivity index (χ1n) is 5.56. The Morgan fingerprint density at radius 2 is 2.32 bits per heavy atom. The third-order valence-corrected chi connectivity index (χ3v) is 2.44. The summed E-state index contributed by atoms with van der Waals surface area (Å²) in [6.07, 6.45) is -2.42. The number of oxime groups is 1. The lowest BCUT2D eigenvalue weighted by Gasteiger charge is -2.18. The lowest BCUT2D eigenvalue weighted by molar-refractivity contribution is -0.155.